The molecule has 0 aliphatic rings. The molecule has 2 aromatic rings. The van der Waals surface area contributed by atoms with E-state index < -0.39 is 5.54 Å². The van der Waals surface area contributed by atoms with Gasteiger partial charge in [-0.25, -0.2) is 4.79 Å². The largest absolute Gasteiger partial charge is 0.350 e. The van der Waals surface area contributed by atoms with Crippen molar-refractivity contribution in [3.8, 4) is 0 Å². The van der Waals surface area contributed by atoms with Crippen molar-refractivity contribution in [2.75, 3.05) is 17.2 Å². The van der Waals surface area contributed by atoms with Crippen molar-refractivity contribution in [3.05, 3.63) is 59.7 Å². The molecule has 25 heavy (non-hydrogen) atoms. The Morgan fingerprint density at radius 2 is 1.72 bits per heavy atom. The molecule has 0 fully saturated rings. The van der Waals surface area contributed by atoms with E-state index >= 15 is 0 Å². The van der Waals surface area contributed by atoms with Crippen molar-refractivity contribution in [2.24, 2.45) is 5.73 Å². The Kier molecular flexibility index (Phi) is 5.77. The highest BCUT2D eigenvalue weighted by molar-refractivity contribution is 6.02. The van der Waals surface area contributed by atoms with Crippen LogP contribution in [-0.4, -0.2) is 24.0 Å². The van der Waals surface area contributed by atoms with Crippen molar-refractivity contribution in [1.82, 2.24) is 5.32 Å². The van der Waals surface area contributed by atoms with Crippen LogP contribution in [0.15, 0.2) is 48.5 Å². The quantitative estimate of drug-likeness (QED) is 0.673. The van der Waals surface area contributed by atoms with Gasteiger partial charge in [-0.3, -0.25) is 4.79 Å². The number of carbonyl (C=O) groups is 2. The molecule has 0 radical (unpaired) electrons. The minimum absolute atomic E-state index is 0.231. The molecule has 0 saturated heterocycles. The van der Waals surface area contributed by atoms with E-state index in [1.54, 1.807) is 30.3 Å². The third-order valence-electron chi connectivity index (χ3n) is 3.48. The molecule has 0 saturated carbocycles. The summed E-state index contributed by atoms with van der Waals surface area (Å²) in [6.45, 7) is 5.90. The highest BCUT2D eigenvalue weighted by Gasteiger charge is 2.14. The first-order valence-corrected chi connectivity index (χ1v) is 8.05. The number of carbonyl (C=O) groups excluding carboxylic acids is 2. The van der Waals surface area contributed by atoms with Crippen molar-refractivity contribution >= 4 is 23.3 Å². The molecule has 2 aromatic carbocycles. The zero-order valence-corrected chi connectivity index (χ0v) is 14.7. The van der Waals surface area contributed by atoms with Crippen LogP contribution in [0.2, 0.25) is 0 Å². The van der Waals surface area contributed by atoms with Gasteiger partial charge < -0.3 is 21.7 Å². The second kappa shape index (κ2) is 7.81. The first kappa shape index (κ1) is 18.5. The Labute approximate surface area is 147 Å². The van der Waals surface area contributed by atoms with Crippen LogP contribution in [0.4, 0.5) is 16.2 Å². The van der Waals surface area contributed by atoms with E-state index in [2.05, 4.69) is 16.0 Å². The van der Waals surface area contributed by atoms with Gasteiger partial charge in [0.15, 0.2) is 0 Å². The van der Waals surface area contributed by atoms with Crippen LogP contribution in [0.25, 0.3) is 0 Å². The molecule has 132 valence electrons. The molecular formula is C19H24N4O2. The normalized spacial score (nSPS) is 10.9. The molecule has 5 N–H and O–H groups in total. The molecule has 0 atom stereocenters. The Hall–Kier alpha value is -2.86. The number of nitrogens with one attached hydrogen (secondary N) is 3. The van der Waals surface area contributed by atoms with Gasteiger partial charge in [-0.1, -0.05) is 24.3 Å². The Morgan fingerprint density at radius 1 is 1.04 bits per heavy atom. The van der Waals surface area contributed by atoms with Gasteiger partial charge in [-0.2, -0.15) is 0 Å². The third kappa shape index (κ3) is 5.93. The maximum absolute atomic E-state index is 12.2. The van der Waals surface area contributed by atoms with Crippen molar-refractivity contribution < 1.29 is 9.59 Å². The number of urea groups is 1. The van der Waals surface area contributed by atoms with Gasteiger partial charge in [0.1, 0.15) is 0 Å². The fourth-order valence-electron chi connectivity index (χ4n) is 2.11. The average Bonchev–Trinajstić information content (AvgIpc) is 2.55. The Balaban J connectivity index is 2.05. The van der Waals surface area contributed by atoms with E-state index in [1.807, 2.05) is 39.0 Å². The lowest BCUT2D eigenvalue weighted by atomic mass is 10.1. The summed E-state index contributed by atoms with van der Waals surface area (Å²) in [6.07, 6.45) is 0. The highest BCUT2D eigenvalue weighted by Crippen LogP contribution is 2.18. The predicted molar refractivity (Wildman–Crippen MR) is 101 cm³/mol. The lowest BCUT2D eigenvalue weighted by molar-refractivity contribution is 0.0946. The molecule has 0 bridgehead atoms. The lowest BCUT2D eigenvalue weighted by Gasteiger charge is -2.19. The van der Waals surface area contributed by atoms with Gasteiger partial charge in [-0.15, -0.1) is 0 Å². The number of amides is 3. The molecule has 0 aliphatic carbocycles. The molecule has 0 spiro atoms. The summed E-state index contributed by atoms with van der Waals surface area (Å²) >= 11 is 0. The van der Waals surface area contributed by atoms with Crippen LogP contribution in [0, 0.1) is 6.92 Å². The first-order valence-electron chi connectivity index (χ1n) is 8.05. The summed E-state index contributed by atoms with van der Waals surface area (Å²) in [4.78, 5) is 24.4. The molecule has 6 heteroatoms. The van der Waals surface area contributed by atoms with Crippen LogP contribution >= 0.6 is 0 Å². The maximum atomic E-state index is 12.2. The number of rotatable bonds is 5. The smallest absolute Gasteiger partial charge is 0.323 e. The molecule has 0 aliphatic heterocycles. The summed E-state index contributed by atoms with van der Waals surface area (Å²) in [7, 11) is 0. The molecule has 0 unspecified atom stereocenters. The van der Waals surface area contributed by atoms with Crippen molar-refractivity contribution in [1.29, 1.82) is 0 Å². The molecule has 6 nitrogen and oxygen atoms in total. The van der Waals surface area contributed by atoms with E-state index in [0.29, 0.717) is 23.5 Å². The molecular weight excluding hydrogens is 316 g/mol. The minimum atomic E-state index is -0.489. The number of benzene rings is 2. The fourth-order valence-corrected chi connectivity index (χ4v) is 2.11. The van der Waals surface area contributed by atoms with Crippen LogP contribution in [0.5, 0.6) is 0 Å². The zero-order valence-electron chi connectivity index (χ0n) is 14.7. The van der Waals surface area contributed by atoms with E-state index in [4.69, 9.17) is 5.73 Å². The lowest BCUT2D eigenvalue weighted by Crippen LogP contribution is -2.45. The monoisotopic (exact) mass is 340 g/mol. The van der Waals surface area contributed by atoms with Crippen LogP contribution < -0.4 is 21.7 Å². The maximum Gasteiger partial charge on any atom is 0.323 e. The Morgan fingerprint density at radius 3 is 2.36 bits per heavy atom. The predicted octanol–water partition coefficient (Wildman–Crippen LogP) is 3.11. The van der Waals surface area contributed by atoms with Gasteiger partial charge in [0, 0.05) is 29.0 Å². The second-order valence-electron chi connectivity index (χ2n) is 6.65. The number of aryl methyl sites for hydroxylation is 1. The standard InChI is InChI=1S/C19H24N4O2/c1-13-9-10-14(17(24)21-12-19(2,3)20)11-16(13)23-18(25)22-15-7-5-4-6-8-15/h4-11H,12,20H2,1-3H3,(H,21,24)(H2,22,23,25). The van der Waals surface area contributed by atoms with E-state index in [0.717, 1.165) is 5.56 Å². The summed E-state index contributed by atoms with van der Waals surface area (Å²) < 4.78 is 0. The molecule has 3 amide bonds. The zero-order chi connectivity index (χ0) is 18.4. The summed E-state index contributed by atoms with van der Waals surface area (Å²) in [5, 5.41) is 8.30. The first-order chi connectivity index (χ1) is 11.7. The van der Waals surface area contributed by atoms with E-state index in [-0.39, 0.29) is 11.9 Å². The van der Waals surface area contributed by atoms with Crippen LogP contribution in [0.3, 0.4) is 0 Å². The number of anilines is 2. The van der Waals surface area contributed by atoms with Crippen molar-refractivity contribution in [3.63, 3.8) is 0 Å². The number of hydrogen-bond acceptors (Lipinski definition) is 3. The van der Waals surface area contributed by atoms with Crippen molar-refractivity contribution in [2.45, 2.75) is 26.3 Å². The molecule has 2 rings (SSSR count). The molecule has 0 heterocycles. The number of para-hydroxylation sites is 1. The molecule has 0 aromatic heterocycles. The average molecular weight is 340 g/mol. The number of hydrogen-bond donors (Lipinski definition) is 4. The van der Waals surface area contributed by atoms with Crippen LogP contribution in [0.1, 0.15) is 29.8 Å². The third-order valence-corrected chi connectivity index (χ3v) is 3.48. The topological polar surface area (TPSA) is 96.2 Å². The number of nitrogens with two attached hydrogens (primary N) is 1. The second-order valence-corrected chi connectivity index (χ2v) is 6.65. The SMILES string of the molecule is Cc1ccc(C(=O)NCC(C)(C)N)cc1NC(=O)Nc1ccccc1. The van der Waals surface area contributed by atoms with Gasteiger partial charge in [0.25, 0.3) is 5.91 Å². The van der Waals surface area contributed by atoms with Gasteiger partial charge in [-0.05, 0) is 50.6 Å². The van der Waals surface area contributed by atoms with E-state index in [9.17, 15) is 9.59 Å². The fraction of sp³-hybridized carbons (Fsp3) is 0.263. The minimum Gasteiger partial charge on any atom is -0.350 e. The van der Waals surface area contributed by atoms with Gasteiger partial charge in [0.05, 0.1) is 0 Å². The van der Waals surface area contributed by atoms with Gasteiger partial charge in [0.2, 0.25) is 0 Å². The summed E-state index contributed by atoms with van der Waals surface area (Å²) in [6, 6.07) is 13.9. The summed E-state index contributed by atoms with van der Waals surface area (Å²) in [5.74, 6) is -0.231. The van der Waals surface area contributed by atoms with Crippen LogP contribution in [-0.2, 0) is 0 Å². The highest BCUT2D eigenvalue weighted by atomic mass is 16.2. The Bertz CT molecular complexity index is 752. The van der Waals surface area contributed by atoms with Gasteiger partial charge >= 0.3 is 6.03 Å². The summed E-state index contributed by atoms with van der Waals surface area (Å²) in [5.41, 5.74) is 7.98. The van der Waals surface area contributed by atoms with E-state index in [1.165, 1.54) is 0 Å².